The lowest BCUT2D eigenvalue weighted by atomic mass is 10.3. The summed E-state index contributed by atoms with van der Waals surface area (Å²) in [6, 6.07) is 6.46. The third-order valence-corrected chi connectivity index (χ3v) is 2.71. The maximum Gasteiger partial charge on any atom is 0.214 e. The summed E-state index contributed by atoms with van der Waals surface area (Å²) < 4.78 is 13.5. The van der Waals surface area contributed by atoms with Crippen LogP contribution in [0.4, 0.5) is 4.39 Å². The van der Waals surface area contributed by atoms with Crippen LogP contribution < -0.4 is 0 Å². The van der Waals surface area contributed by atoms with Gasteiger partial charge in [-0.25, -0.2) is 0 Å². The summed E-state index contributed by atoms with van der Waals surface area (Å²) in [4.78, 5) is 0. The first-order chi connectivity index (χ1) is 7.81. The predicted octanol–water partition coefficient (Wildman–Crippen LogP) is 1.43. The lowest BCUT2D eigenvalue weighted by Crippen LogP contribution is -1.99. The fraction of sp³-hybridized carbons (Fsp3) is 0.222. The van der Waals surface area contributed by atoms with Crippen LogP contribution in [0.3, 0.4) is 0 Å². The maximum atomic E-state index is 12.0. The summed E-state index contributed by atoms with van der Waals surface area (Å²) >= 11 is 1.24. The molecular weight excluding hydrogens is 231 g/mol. The fourth-order valence-electron chi connectivity index (χ4n) is 1.15. The lowest BCUT2D eigenvalue weighted by Gasteiger charge is -2.02. The van der Waals surface area contributed by atoms with Crippen LogP contribution in [-0.4, -0.2) is 37.7 Å². The minimum absolute atomic E-state index is 0.176. The molecule has 1 aromatic heterocycles. The van der Waals surface area contributed by atoms with E-state index in [1.54, 1.807) is 24.3 Å². The van der Waals surface area contributed by atoms with Gasteiger partial charge >= 0.3 is 0 Å². The number of thioether (sulfide) groups is 1. The normalized spacial score (nSPS) is 10.6. The molecule has 16 heavy (non-hydrogen) atoms. The number of aromatic hydroxyl groups is 1. The number of halogens is 1. The topological polar surface area (TPSA) is 63.8 Å². The van der Waals surface area contributed by atoms with Crippen molar-refractivity contribution in [2.45, 2.75) is 5.16 Å². The molecule has 1 N–H and O–H groups in total. The van der Waals surface area contributed by atoms with Crippen molar-refractivity contribution in [3.63, 3.8) is 0 Å². The molecule has 0 radical (unpaired) electrons. The van der Waals surface area contributed by atoms with E-state index in [0.717, 1.165) is 5.69 Å². The van der Waals surface area contributed by atoms with E-state index in [4.69, 9.17) is 5.11 Å². The molecular formula is C9H9FN4OS. The number of hydrogen-bond donors (Lipinski definition) is 1. The summed E-state index contributed by atoms with van der Waals surface area (Å²) in [5.41, 5.74) is 0.726. The highest BCUT2D eigenvalue weighted by atomic mass is 32.2. The van der Waals surface area contributed by atoms with Gasteiger partial charge in [0, 0.05) is 5.75 Å². The van der Waals surface area contributed by atoms with Gasteiger partial charge in [-0.3, -0.25) is 4.39 Å². The van der Waals surface area contributed by atoms with Crippen molar-refractivity contribution in [2.75, 3.05) is 12.4 Å². The number of phenols is 1. The molecule has 0 aliphatic heterocycles. The smallest absolute Gasteiger partial charge is 0.214 e. The van der Waals surface area contributed by atoms with Gasteiger partial charge in [-0.15, -0.1) is 5.10 Å². The van der Waals surface area contributed by atoms with Gasteiger partial charge in [0.15, 0.2) is 0 Å². The SMILES string of the molecule is Oc1ccc(-n2nnnc2SCCF)cc1. The highest BCUT2D eigenvalue weighted by Crippen LogP contribution is 2.19. The highest BCUT2D eigenvalue weighted by molar-refractivity contribution is 7.99. The first-order valence-corrected chi connectivity index (χ1v) is 5.56. The molecule has 0 saturated carbocycles. The van der Waals surface area contributed by atoms with Gasteiger partial charge in [-0.1, -0.05) is 11.8 Å². The van der Waals surface area contributed by atoms with Crippen molar-refractivity contribution in [3.05, 3.63) is 24.3 Å². The van der Waals surface area contributed by atoms with Crippen molar-refractivity contribution >= 4 is 11.8 Å². The zero-order chi connectivity index (χ0) is 11.4. The Morgan fingerprint density at radius 2 is 2.06 bits per heavy atom. The highest BCUT2D eigenvalue weighted by Gasteiger charge is 2.08. The molecule has 2 rings (SSSR count). The Balaban J connectivity index is 2.26. The summed E-state index contributed by atoms with van der Waals surface area (Å²) in [5, 5.41) is 20.8. The molecule has 0 saturated heterocycles. The van der Waals surface area contributed by atoms with E-state index in [2.05, 4.69) is 15.5 Å². The van der Waals surface area contributed by atoms with Crippen molar-refractivity contribution in [3.8, 4) is 11.4 Å². The number of tetrazole rings is 1. The van der Waals surface area contributed by atoms with Gasteiger partial charge in [-0.2, -0.15) is 4.68 Å². The van der Waals surface area contributed by atoms with Gasteiger partial charge < -0.3 is 5.11 Å². The van der Waals surface area contributed by atoms with Crippen molar-refractivity contribution in [1.29, 1.82) is 0 Å². The van der Waals surface area contributed by atoms with Crippen LogP contribution in [0.25, 0.3) is 5.69 Å². The minimum Gasteiger partial charge on any atom is -0.508 e. The summed E-state index contributed by atoms with van der Waals surface area (Å²) in [7, 11) is 0. The summed E-state index contributed by atoms with van der Waals surface area (Å²) in [5.74, 6) is 0.494. The monoisotopic (exact) mass is 240 g/mol. The van der Waals surface area contributed by atoms with E-state index >= 15 is 0 Å². The third kappa shape index (κ3) is 2.30. The van der Waals surface area contributed by atoms with Crippen LogP contribution in [-0.2, 0) is 0 Å². The quantitative estimate of drug-likeness (QED) is 0.819. The molecule has 0 fully saturated rings. The Kier molecular flexibility index (Phi) is 3.35. The molecule has 2 aromatic rings. The number of rotatable bonds is 4. The third-order valence-electron chi connectivity index (χ3n) is 1.84. The molecule has 0 aliphatic rings. The van der Waals surface area contributed by atoms with Gasteiger partial charge in [0.2, 0.25) is 5.16 Å². The standard InChI is InChI=1S/C9H9FN4OS/c10-5-6-16-9-11-12-13-14(9)7-1-3-8(15)4-2-7/h1-4,15H,5-6H2. The maximum absolute atomic E-state index is 12.0. The van der Waals surface area contributed by atoms with Crippen molar-refractivity contribution < 1.29 is 9.50 Å². The molecule has 84 valence electrons. The molecule has 0 amide bonds. The fourth-order valence-corrected chi connectivity index (χ4v) is 1.77. The zero-order valence-corrected chi connectivity index (χ0v) is 9.06. The predicted molar refractivity (Wildman–Crippen MR) is 57.5 cm³/mol. The van der Waals surface area contributed by atoms with Crippen molar-refractivity contribution in [1.82, 2.24) is 20.2 Å². The average Bonchev–Trinajstić information content (AvgIpc) is 2.75. The molecule has 7 heteroatoms. The number of aromatic nitrogens is 4. The molecule has 0 unspecified atom stereocenters. The first kappa shape index (κ1) is 10.9. The minimum atomic E-state index is -0.424. The van der Waals surface area contributed by atoms with Gasteiger partial charge in [0.25, 0.3) is 0 Å². The number of alkyl halides is 1. The summed E-state index contributed by atoms with van der Waals surface area (Å²) in [6.45, 7) is -0.424. The van der Waals surface area contributed by atoms with Crippen LogP contribution in [0.2, 0.25) is 0 Å². The van der Waals surface area contributed by atoms with E-state index in [1.165, 1.54) is 16.4 Å². The van der Waals surface area contributed by atoms with E-state index in [1.807, 2.05) is 0 Å². The largest absolute Gasteiger partial charge is 0.508 e. The van der Waals surface area contributed by atoms with Gasteiger partial charge in [-0.05, 0) is 34.7 Å². The average molecular weight is 240 g/mol. The second kappa shape index (κ2) is 4.93. The number of nitrogens with zero attached hydrogens (tertiary/aromatic N) is 4. The Morgan fingerprint density at radius 1 is 1.31 bits per heavy atom. The Labute approximate surface area is 95.3 Å². The van der Waals surface area contributed by atoms with Crippen LogP contribution in [0.15, 0.2) is 29.4 Å². The van der Waals surface area contributed by atoms with Crippen molar-refractivity contribution in [2.24, 2.45) is 0 Å². The van der Waals surface area contributed by atoms with Gasteiger partial charge in [0.05, 0.1) is 12.4 Å². The zero-order valence-electron chi connectivity index (χ0n) is 8.25. The number of benzene rings is 1. The van der Waals surface area contributed by atoms with E-state index in [0.29, 0.717) is 10.9 Å². The molecule has 0 aliphatic carbocycles. The van der Waals surface area contributed by atoms with Crippen LogP contribution in [0, 0.1) is 0 Å². The van der Waals surface area contributed by atoms with E-state index in [9.17, 15) is 4.39 Å². The molecule has 0 atom stereocenters. The molecule has 5 nitrogen and oxygen atoms in total. The molecule has 0 spiro atoms. The Hall–Kier alpha value is -1.63. The van der Waals surface area contributed by atoms with Crippen LogP contribution in [0.1, 0.15) is 0 Å². The molecule has 0 bridgehead atoms. The van der Waals surface area contributed by atoms with E-state index < -0.39 is 6.67 Å². The molecule has 1 heterocycles. The summed E-state index contributed by atoms with van der Waals surface area (Å²) in [6.07, 6.45) is 0. The number of hydrogen-bond acceptors (Lipinski definition) is 5. The van der Waals surface area contributed by atoms with Crippen LogP contribution >= 0.6 is 11.8 Å². The van der Waals surface area contributed by atoms with Crippen LogP contribution in [0.5, 0.6) is 5.75 Å². The first-order valence-electron chi connectivity index (χ1n) is 4.58. The lowest BCUT2D eigenvalue weighted by molar-refractivity contribution is 0.475. The van der Waals surface area contributed by atoms with E-state index in [-0.39, 0.29) is 5.75 Å². The van der Waals surface area contributed by atoms with Gasteiger partial charge in [0.1, 0.15) is 5.75 Å². The number of phenolic OH excluding ortho intramolecular Hbond substituents is 1. The second-order valence-corrected chi connectivity index (χ2v) is 3.99. The second-order valence-electron chi connectivity index (χ2n) is 2.93. The Morgan fingerprint density at radius 3 is 2.75 bits per heavy atom. The molecule has 1 aromatic carbocycles. The Bertz CT molecular complexity index is 459.